The predicted octanol–water partition coefficient (Wildman–Crippen LogP) is 3.13. The van der Waals surface area contributed by atoms with Crippen LogP contribution in [0.25, 0.3) is 0 Å². The summed E-state index contributed by atoms with van der Waals surface area (Å²) in [7, 11) is 0. The van der Waals surface area contributed by atoms with Crippen LogP contribution >= 0.6 is 0 Å². The average Bonchev–Trinajstić information content (AvgIpc) is 2.44. The number of hydrogen-bond acceptors (Lipinski definition) is 2. The van der Waals surface area contributed by atoms with E-state index in [0.29, 0.717) is 0 Å². The third kappa shape index (κ3) is 2.71. The Morgan fingerprint density at radius 3 is 2.06 bits per heavy atom. The Hall–Kier alpha value is -0.830. The lowest BCUT2D eigenvalue weighted by atomic mass is 9.81. The van der Waals surface area contributed by atoms with E-state index >= 15 is 0 Å². The molecule has 2 N–H and O–H groups in total. The summed E-state index contributed by atoms with van der Waals surface area (Å²) >= 11 is 0. The van der Waals surface area contributed by atoms with Gasteiger partial charge in [-0.15, -0.1) is 0 Å². The molecule has 0 aliphatic heterocycles. The van der Waals surface area contributed by atoms with Crippen molar-refractivity contribution >= 4 is 0 Å². The fourth-order valence-corrected chi connectivity index (χ4v) is 2.43. The van der Waals surface area contributed by atoms with Gasteiger partial charge < -0.3 is 5.73 Å². The van der Waals surface area contributed by atoms with Crippen molar-refractivity contribution in [3.63, 3.8) is 0 Å². The number of nitrogens with two attached hydrogens (primary N) is 1. The van der Waals surface area contributed by atoms with Crippen LogP contribution in [-0.2, 0) is 0 Å². The number of aryl methyl sites for hydroxylation is 1. The van der Waals surface area contributed by atoms with E-state index < -0.39 is 0 Å². The van der Waals surface area contributed by atoms with Crippen LogP contribution in [0.4, 0.5) is 0 Å². The maximum Gasteiger partial charge on any atom is 0.0721 e. The van der Waals surface area contributed by atoms with Gasteiger partial charge in [0.25, 0.3) is 0 Å². The first-order chi connectivity index (χ1) is 7.70. The zero-order valence-electron chi connectivity index (χ0n) is 12.3. The number of aromatic nitrogens is 2. The fourth-order valence-electron chi connectivity index (χ4n) is 2.43. The van der Waals surface area contributed by atoms with Gasteiger partial charge in [-0.3, -0.25) is 4.68 Å². The third-order valence-electron chi connectivity index (χ3n) is 3.71. The molecule has 1 aromatic heterocycles. The molecule has 3 nitrogen and oxygen atoms in total. The first-order valence-corrected chi connectivity index (χ1v) is 6.48. The summed E-state index contributed by atoms with van der Waals surface area (Å²) in [5, 5.41) is 4.68. The molecular weight excluding hydrogens is 210 g/mol. The van der Waals surface area contributed by atoms with E-state index in [0.717, 1.165) is 12.1 Å². The summed E-state index contributed by atoms with van der Waals surface area (Å²) in [5.41, 5.74) is 10.1. The van der Waals surface area contributed by atoms with Gasteiger partial charge in [-0.25, -0.2) is 0 Å². The van der Waals surface area contributed by atoms with Gasteiger partial charge in [0.05, 0.1) is 11.7 Å². The quantitative estimate of drug-likeness (QED) is 0.877. The lowest BCUT2D eigenvalue weighted by Gasteiger charge is -2.36. The Balaban J connectivity index is 3.28. The van der Waals surface area contributed by atoms with Crippen molar-refractivity contribution in [1.82, 2.24) is 9.78 Å². The Kier molecular flexibility index (Phi) is 4.03. The highest BCUT2D eigenvalue weighted by atomic mass is 15.3. The molecule has 3 heteroatoms. The molecule has 0 bridgehead atoms. The van der Waals surface area contributed by atoms with Crippen LogP contribution in [0.1, 0.15) is 57.1 Å². The molecule has 0 amide bonds. The zero-order valence-corrected chi connectivity index (χ0v) is 12.3. The highest BCUT2D eigenvalue weighted by molar-refractivity contribution is 5.23. The van der Waals surface area contributed by atoms with Crippen molar-refractivity contribution in [2.45, 2.75) is 67.0 Å². The molecular formula is C14H27N3. The molecule has 0 saturated carbocycles. The molecule has 0 aliphatic rings. The van der Waals surface area contributed by atoms with E-state index in [9.17, 15) is 0 Å². The van der Waals surface area contributed by atoms with Crippen LogP contribution in [0.15, 0.2) is 0 Å². The van der Waals surface area contributed by atoms with Gasteiger partial charge in [0.2, 0.25) is 0 Å². The molecule has 1 rings (SSSR count). The van der Waals surface area contributed by atoms with E-state index in [1.807, 2.05) is 0 Å². The third-order valence-corrected chi connectivity index (χ3v) is 3.71. The normalized spacial score (nSPS) is 16.0. The minimum absolute atomic E-state index is 0.116. The second-order valence-electron chi connectivity index (χ2n) is 6.12. The van der Waals surface area contributed by atoms with Crippen LogP contribution in [0.2, 0.25) is 0 Å². The molecule has 1 aromatic rings. The maximum atomic E-state index is 6.30. The molecule has 0 aromatic carbocycles. The molecule has 0 fully saturated rings. The summed E-state index contributed by atoms with van der Waals surface area (Å²) in [6.45, 7) is 15.2. The molecule has 1 heterocycles. The van der Waals surface area contributed by atoms with Crippen molar-refractivity contribution in [3.05, 3.63) is 17.0 Å². The van der Waals surface area contributed by atoms with Gasteiger partial charge >= 0.3 is 0 Å². The number of nitrogens with zero attached hydrogens (tertiary/aromatic N) is 2. The predicted molar refractivity (Wildman–Crippen MR) is 73.2 cm³/mol. The van der Waals surface area contributed by atoms with Crippen molar-refractivity contribution in [3.8, 4) is 0 Å². The van der Waals surface area contributed by atoms with Crippen molar-refractivity contribution in [2.75, 3.05) is 0 Å². The molecule has 0 aliphatic carbocycles. The van der Waals surface area contributed by atoms with E-state index in [4.69, 9.17) is 5.73 Å². The van der Waals surface area contributed by atoms with Crippen LogP contribution in [-0.4, -0.2) is 15.8 Å². The van der Waals surface area contributed by atoms with Gasteiger partial charge in [-0.1, -0.05) is 27.7 Å². The van der Waals surface area contributed by atoms with Crippen molar-refractivity contribution < 1.29 is 0 Å². The Morgan fingerprint density at radius 1 is 1.24 bits per heavy atom. The summed E-state index contributed by atoms with van der Waals surface area (Å²) in [5.74, 6) is 0. The highest BCUT2D eigenvalue weighted by Gasteiger charge is 2.33. The van der Waals surface area contributed by atoms with Gasteiger partial charge in [0, 0.05) is 11.7 Å². The second-order valence-corrected chi connectivity index (χ2v) is 6.12. The minimum atomic E-state index is 0.116. The van der Waals surface area contributed by atoms with E-state index in [-0.39, 0.29) is 17.5 Å². The maximum absolute atomic E-state index is 6.30. The van der Waals surface area contributed by atoms with Crippen molar-refractivity contribution in [1.29, 1.82) is 0 Å². The largest absolute Gasteiger partial charge is 0.326 e. The minimum Gasteiger partial charge on any atom is -0.326 e. The average molecular weight is 237 g/mol. The molecule has 0 spiro atoms. The lowest BCUT2D eigenvalue weighted by molar-refractivity contribution is 0.183. The van der Waals surface area contributed by atoms with Crippen LogP contribution in [0.5, 0.6) is 0 Å². The van der Waals surface area contributed by atoms with Crippen LogP contribution < -0.4 is 5.73 Å². The Morgan fingerprint density at radius 2 is 1.76 bits per heavy atom. The SMILES string of the molecule is CCC(N)C(n1nc(C)c(C)c1C)C(C)(C)C. The summed E-state index contributed by atoms with van der Waals surface area (Å²) in [6.07, 6.45) is 0.972. The highest BCUT2D eigenvalue weighted by Crippen LogP contribution is 2.35. The van der Waals surface area contributed by atoms with Gasteiger partial charge in [-0.2, -0.15) is 5.10 Å². The summed E-state index contributed by atoms with van der Waals surface area (Å²) in [4.78, 5) is 0. The van der Waals surface area contributed by atoms with E-state index in [2.05, 4.69) is 58.2 Å². The van der Waals surface area contributed by atoms with E-state index in [1.54, 1.807) is 0 Å². The topological polar surface area (TPSA) is 43.8 Å². The van der Waals surface area contributed by atoms with Gasteiger partial charge in [0.1, 0.15) is 0 Å². The molecule has 17 heavy (non-hydrogen) atoms. The summed E-state index contributed by atoms with van der Waals surface area (Å²) in [6, 6.07) is 0.396. The lowest BCUT2D eigenvalue weighted by Crippen LogP contribution is -2.40. The smallest absolute Gasteiger partial charge is 0.0721 e. The second kappa shape index (κ2) is 4.81. The van der Waals surface area contributed by atoms with Crippen LogP contribution in [0, 0.1) is 26.2 Å². The monoisotopic (exact) mass is 237 g/mol. The van der Waals surface area contributed by atoms with Gasteiger partial charge in [0.15, 0.2) is 0 Å². The Labute approximate surface area is 105 Å². The Bertz CT molecular complexity index is 385. The first kappa shape index (κ1) is 14.2. The first-order valence-electron chi connectivity index (χ1n) is 6.48. The van der Waals surface area contributed by atoms with E-state index in [1.165, 1.54) is 11.3 Å². The molecule has 0 radical (unpaired) electrons. The zero-order chi connectivity index (χ0) is 13.4. The fraction of sp³-hybridized carbons (Fsp3) is 0.786. The van der Waals surface area contributed by atoms with Crippen molar-refractivity contribution in [2.24, 2.45) is 11.1 Å². The summed E-state index contributed by atoms with van der Waals surface area (Å²) < 4.78 is 2.14. The molecule has 2 unspecified atom stereocenters. The molecule has 98 valence electrons. The molecule has 2 atom stereocenters. The number of rotatable bonds is 3. The number of hydrogen-bond donors (Lipinski definition) is 1. The molecule has 0 saturated heterocycles. The van der Waals surface area contributed by atoms with Gasteiger partial charge in [-0.05, 0) is 38.2 Å². The standard InChI is InChI=1S/C14H27N3/c1-8-12(15)13(14(5,6)7)17-11(4)9(2)10(3)16-17/h12-13H,8,15H2,1-7H3. The van der Waals surface area contributed by atoms with Crippen LogP contribution in [0.3, 0.4) is 0 Å².